The third kappa shape index (κ3) is 5.93. The van der Waals surface area contributed by atoms with Gasteiger partial charge in [-0.1, -0.05) is 13.8 Å². The summed E-state index contributed by atoms with van der Waals surface area (Å²) in [7, 11) is 0. The molecular formula is C14H19F3N2O2. The Bertz CT molecular complexity index is 488. The molecule has 0 saturated carbocycles. The first kappa shape index (κ1) is 17.1. The van der Waals surface area contributed by atoms with E-state index in [-0.39, 0.29) is 24.0 Å². The molecule has 0 aliphatic rings. The second kappa shape index (κ2) is 7.19. The van der Waals surface area contributed by atoms with E-state index in [0.29, 0.717) is 12.5 Å². The number of amides is 1. The summed E-state index contributed by atoms with van der Waals surface area (Å²) in [4.78, 5) is 11.5. The molecule has 0 atom stereocenters. The minimum atomic E-state index is -4.46. The number of nitrogen functional groups attached to an aromatic ring is 1. The largest absolute Gasteiger partial charge is 0.482 e. The fourth-order valence-corrected chi connectivity index (χ4v) is 1.55. The molecule has 1 aromatic carbocycles. The maximum atomic E-state index is 12.5. The smallest absolute Gasteiger partial charge is 0.416 e. The SMILES string of the molecule is CC(C)CCNC(=O)COc1ccc(C(F)(F)F)cc1N. The highest BCUT2D eigenvalue weighted by Gasteiger charge is 2.30. The summed E-state index contributed by atoms with van der Waals surface area (Å²) in [6.45, 7) is 4.31. The van der Waals surface area contributed by atoms with Crippen LogP contribution in [0.1, 0.15) is 25.8 Å². The zero-order valence-corrected chi connectivity index (χ0v) is 12.0. The van der Waals surface area contributed by atoms with Crippen LogP contribution in [-0.2, 0) is 11.0 Å². The molecule has 0 aromatic heterocycles. The van der Waals surface area contributed by atoms with Gasteiger partial charge in [-0.3, -0.25) is 4.79 Å². The van der Waals surface area contributed by atoms with Crippen molar-refractivity contribution in [3.8, 4) is 5.75 Å². The molecule has 118 valence electrons. The summed E-state index contributed by atoms with van der Waals surface area (Å²) >= 11 is 0. The van der Waals surface area contributed by atoms with Crippen LogP contribution in [0, 0.1) is 5.92 Å². The topological polar surface area (TPSA) is 64.3 Å². The molecule has 0 radical (unpaired) electrons. The summed E-state index contributed by atoms with van der Waals surface area (Å²) in [5.41, 5.74) is 4.48. The number of anilines is 1. The summed E-state index contributed by atoms with van der Waals surface area (Å²) in [6, 6.07) is 2.76. The quantitative estimate of drug-likeness (QED) is 0.794. The van der Waals surface area contributed by atoms with Crippen LogP contribution in [0.5, 0.6) is 5.75 Å². The summed E-state index contributed by atoms with van der Waals surface area (Å²) < 4.78 is 42.5. The third-order valence-electron chi connectivity index (χ3n) is 2.74. The zero-order chi connectivity index (χ0) is 16.0. The zero-order valence-electron chi connectivity index (χ0n) is 12.0. The number of benzene rings is 1. The minimum Gasteiger partial charge on any atom is -0.482 e. The Kier molecular flexibility index (Phi) is 5.87. The molecule has 0 aliphatic heterocycles. The summed E-state index contributed by atoms with van der Waals surface area (Å²) in [5.74, 6) is 0.189. The molecule has 0 bridgehead atoms. The molecule has 1 aromatic rings. The molecule has 0 saturated heterocycles. The number of hydrogen-bond acceptors (Lipinski definition) is 3. The number of rotatable bonds is 6. The summed E-state index contributed by atoms with van der Waals surface area (Å²) in [6.07, 6.45) is -3.62. The monoisotopic (exact) mass is 304 g/mol. The highest BCUT2D eigenvalue weighted by Crippen LogP contribution is 2.33. The van der Waals surface area contributed by atoms with Crippen LogP contribution in [-0.4, -0.2) is 19.1 Å². The number of nitrogens with two attached hydrogens (primary N) is 1. The molecule has 21 heavy (non-hydrogen) atoms. The van der Waals surface area contributed by atoms with Crippen LogP contribution in [0.25, 0.3) is 0 Å². The Balaban J connectivity index is 2.51. The Morgan fingerprint density at radius 3 is 2.57 bits per heavy atom. The predicted molar refractivity (Wildman–Crippen MR) is 73.8 cm³/mol. The normalized spacial score (nSPS) is 11.5. The lowest BCUT2D eigenvalue weighted by atomic mass is 10.1. The van der Waals surface area contributed by atoms with Crippen LogP contribution in [0.15, 0.2) is 18.2 Å². The van der Waals surface area contributed by atoms with Crippen molar-refractivity contribution >= 4 is 11.6 Å². The van der Waals surface area contributed by atoms with Gasteiger partial charge in [-0.25, -0.2) is 0 Å². The average molecular weight is 304 g/mol. The van der Waals surface area contributed by atoms with E-state index < -0.39 is 11.7 Å². The molecule has 1 rings (SSSR count). The van der Waals surface area contributed by atoms with Crippen molar-refractivity contribution in [1.82, 2.24) is 5.32 Å². The van der Waals surface area contributed by atoms with Crippen molar-refractivity contribution in [2.45, 2.75) is 26.4 Å². The molecule has 4 nitrogen and oxygen atoms in total. The number of carbonyl (C=O) groups excluding carboxylic acids is 1. The predicted octanol–water partition coefficient (Wildman–Crippen LogP) is 2.83. The number of carbonyl (C=O) groups is 1. The first-order valence-electron chi connectivity index (χ1n) is 6.56. The van der Waals surface area contributed by atoms with Crippen molar-refractivity contribution in [2.24, 2.45) is 5.92 Å². The average Bonchev–Trinajstić information content (AvgIpc) is 2.35. The highest BCUT2D eigenvalue weighted by molar-refractivity contribution is 5.77. The van der Waals surface area contributed by atoms with Crippen molar-refractivity contribution in [2.75, 3.05) is 18.9 Å². The van der Waals surface area contributed by atoms with Gasteiger partial charge in [0.05, 0.1) is 11.3 Å². The van der Waals surface area contributed by atoms with Crippen molar-refractivity contribution < 1.29 is 22.7 Å². The van der Waals surface area contributed by atoms with E-state index in [4.69, 9.17) is 10.5 Å². The molecule has 0 unspecified atom stereocenters. The lowest BCUT2D eigenvalue weighted by Crippen LogP contribution is -2.30. The van der Waals surface area contributed by atoms with E-state index in [9.17, 15) is 18.0 Å². The van der Waals surface area contributed by atoms with Gasteiger partial charge in [0, 0.05) is 6.54 Å². The molecule has 1 amide bonds. The van der Waals surface area contributed by atoms with E-state index >= 15 is 0 Å². The summed E-state index contributed by atoms with van der Waals surface area (Å²) in [5, 5.41) is 2.65. The second-order valence-corrected chi connectivity index (χ2v) is 5.07. The molecule has 0 heterocycles. The molecule has 7 heteroatoms. The van der Waals surface area contributed by atoms with Gasteiger partial charge in [-0.05, 0) is 30.5 Å². The number of ether oxygens (including phenoxy) is 1. The van der Waals surface area contributed by atoms with Crippen LogP contribution in [0.3, 0.4) is 0 Å². The van der Waals surface area contributed by atoms with Crippen molar-refractivity contribution in [1.29, 1.82) is 0 Å². The van der Waals surface area contributed by atoms with E-state index in [1.165, 1.54) is 0 Å². The molecule has 3 N–H and O–H groups in total. The standard InChI is InChI=1S/C14H19F3N2O2/c1-9(2)5-6-19-13(20)8-21-12-4-3-10(7-11(12)18)14(15,16)17/h3-4,7,9H,5-6,8,18H2,1-2H3,(H,19,20). The van der Waals surface area contributed by atoms with E-state index in [2.05, 4.69) is 5.32 Å². The Morgan fingerprint density at radius 2 is 2.05 bits per heavy atom. The van der Waals surface area contributed by atoms with Gasteiger partial charge in [0.1, 0.15) is 5.75 Å². The number of hydrogen-bond donors (Lipinski definition) is 2. The van der Waals surface area contributed by atoms with Crippen molar-refractivity contribution in [3.05, 3.63) is 23.8 Å². The molecule has 0 aliphatic carbocycles. The third-order valence-corrected chi connectivity index (χ3v) is 2.74. The van der Waals surface area contributed by atoms with Gasteiger partial charge in [-0.15, -0.1) is 0 Å². The van der Waals surface area contributed by atoms with Gasteiger partial charge in [0.15, 0.2) is 6.61 Å². The molecule has 0 fully saturated rings. The highest BCUT2D eigenvalue weighted by atomic mass is 19.4. The van der Waals surface area contributed by atoms with Gasteiger partial charge in [0.2, 0.25) is 0 Å². The van der Waals surface area contributed by atoms with Crippen LogP contribution in [0.2, 0.25) is 0 Å². The van der Waals surface area contributed by atoms with E-state index in [0.717, 1.165) is 24.6 Å². The van der Waals surface area contributed by atoms with Gasteiger partial charge < -0.3 is 15.8 Å². The van der Waals surface area contributed by atoms with Crippen LogP contribution in [0.4, 0.5) is 18.9 Å². The van der Waals surface area contributed by atoms with Crippen LogP contribution < -0.4 is 15.8 Å². The fraction of sp³-hybridized carbons (Fsp3) is 0.500. The Morgan fingerprint density at radius 1 is 1.38 bits per heavy atom. The van der Waals surface area contributed by atoms with Gasteiger partial charge >= 0.3 is 6.18 Å². The Labute approximate surface area is 121 Å². The van der Waals surface area contributed by atoms with E-state index in [1.807, 2.05) is 13.8 Å². The fourth-order valence-electron chi connectivity index (χ4n) is 1.55. The van der Waals surface area contributed by atoms with Gasteiger partial charge in [0.25, 0.3) is 5.91 Å². The maximum absolute atomic E-state index is 12.5. The van der Waals surface area contributed by atoms with Crippen LogP contribution >= 0.6 is 0 Å². The number of nitrogens with one attached hydrogen (secondary N) is 1. The van der Waals surface area contributed by atoms with E-state index in [1.54, 1.807) is 0 Å². The number of alkyl halides is 3. The molecular weight excluding hydrogens is 285 g/mol. The number of halogens is 3. The van der Waals surface area contributed by atoms with Gasteiger partial charge in [-0.2, -0.15) is 13.2 Å². The minimum absolute atomic E-state index is 0.0574. The first-order valence-corrected chi connectivity index (χ1v) is 6.56. The molecule has 0 spiro atoms. The lowest BCUT2D eigenvalue weighted by molar-refractivity contribution is -0.137. The Hall–Kier alpha value is -1.92. The lowest BCUT2D eigenvalue weighted by Gasteiger charge is -2.12. The maximum Gasteiger partial charge on any atom is 0.416 e. The first-order chi connectivity index (χ1) is 9.70. The van der Waals surface area contributed by atoms with Crippen molar-refractivity contribution in [3.63, 3.8) is 0 Å². The second-order valence-electron chi connectivity index (χ2n) is 5.07.